The molecule has 0 amide bonds. The van der Waals surface area contributed by atoms with E-state index in [-0.39, 0.29) is 0 Å². The number of nitrogens with one attached hydrogen (secondary N) is 1. The number of rotatable bonds is 6. The van der Waals surface area contributed by atoms with Gasteiger partial charge in [-0.15, -0.1) is 0 Å². The van der Waals surface area contributed by atoms with Gasteiger partial charge >= 0.3 is 0 Å². The molecule has 3 nitrogen and oxygen atoms in total. The Morgan fingerprint density at radius 1 is 1.32 bits per heavy atom. The number of hydrogen-bond donors (Lipinski definition) is 2. The number of aromatic nitrogens is 1. The van der Waals surface area contributed by atoms with Crippen molar-refractivity contribution in [2.24, 2.45) is 11.7 Å². The maximum absolute atomic E-state index is 5.62. The van der Waals surface area contributed by atoms with Crippen molar-refractivity contribution in [3.8, 4) is 0 Å². The van der Waals surface area contributed by atoms with E-state index >= 15 is 0 Å². The Morgan fingerprint density at radius 3 is 2.89 bits per heavy atom. The van der Waals surface area contributed by atoms with Crippen LogP contribution in [0.1, 0.15) is 25.3 Å². The van der Waals surface area contributed by atoms with Gasteiger partial charge in [0, 0.05) is 11.9 Å². The van der Waals surface area contributed by atoms with Crippen molar-refractivity contribution in [3.05, 3.63) is 35.9 Å². The molecule has 102 valence electrons. The fourth-order valence-electron chi connectivity index (χ4n) is 2.18. The van der Waals surface area contributed by atoms with Crippen LogP contribution in [0.4, 0.5) is 5.82 Å². The molecule has 0 fully saturated rings. The fraction of sp³-hybridized carbons (Fsp3) is 0.438. The van der Waals surface area contributed by atoms with Crippen LogP contribution >= 0.6 is 0 Å². The summed E-state index contributed by atoms with van der Waals surface area (Å²) in [6, 6.07) is 10.4. The number of fused-ring (bicyclic) bond motifs is 1. The summed E-state index contributed by atoms with van der Waals surface area (Å²) < 4.78 is 0. The summed E-state index contributed by atoms with van der Waals surface area (Å²) >= 11 is 0. The molecule has 0 radical (unpaired) electrons. The van der Waals surface area contributed by atoms with E-state index < -0.39 is 0 Å². The van der Waals surface area contributed by atoms with Gasteiger partial charge in [0.2, 0.25) is 0 Å². The molecule has 0 saturated heterocycles. The molecule has 1 unspecified atom stereocenters. The van der Waals surface area contributed by atoms with Crippen molar-refractivity contribution in [2.75, 3.05) is 18.4 Å². The van der Waals surface area contributed by atoms with Gasteiger partial charge in [-0.25, -0.2) is 4.98 Å². The van der Waals surface area contributed by atoms with Crippen LogP contribution in [0.5, 0.6) is 0 Å². The van der Waals surface area contributed by atoms with E-state index in [1.54, 1.807) is 0 Å². The third-order valence-electron chi connectivity index (χ3n) is 3.48. The average molecular weight is 257 g/mol. The predicted molar refractivity (Wildman–Crippen MR) is 82.4 cm³/mol. The first-order valence-corrected chi connectivity index (χ1v) is 7.01. The summed E-state index contributed by atoms with van der Waals surface area (Å²) in [5.74, 6) is 1.60. The lowest BCUT2D eigenvalue weighted by Gasteiger charge is -2.11. The Kier molecular flexibility index (Phi) is 4.74. The molecule has 0 saturated carbocycles. The predicted octanol–water partition coefficient (Wildman–Crippen LogP) is 3.33. The smallest absolute Gasteiger partial charge is 0.129 e. The molecule has 2 aromatic rings. The molecule has 0 aliphatic carbocycles. The first-order chi connectivity index (χ1) is 9.20. The number of pyridine rings is 1. The van der Waals surface area contributed by atoms with Crippen LogP contribution in [-0.2, 0) is 0 Å². The number of para-hydroxylation sites is 1. The van der Waals surface area contributed by atoms with Gasteiger partial charge in [0.15, 0.2) is 0 Å². The highest BCUT2D eigenvalue weighted by molar-refractivity contribution is 5.81. The van der Waals surface area contributed by atoms with Crippen molar-refractivity contribution in [1.82, 2.24) is 4.98 Å². The summed E-state index contributed by atoms with van der Waals surface area (Å²) in [6.45, 7) is 6.02. The van der Waals surface area contributed by atoms with E-state index in [0.717, 1.165) is 37.3 Å². The molecule has 1 aromatic carbocycles. The Bertz CT molecular complexity index is 537. The summed E-state index contributed by atoms with van der Waals surface area (Å²) in [5.41, 5.74) is 7.87. The van der Waals surface area contributed by atoms with Crippen LogP contribution in [0.2, 0.25) is 0 Å². The average Bonchev–Trinajstić information content (AvgIpc) is 2.43. The number of benzene rings is 1. The second kappa shape index (κ2) is 6.53. The number of aryl methyl sites for hydroxylation is 1. The van der Waals surface area contributed by atoms with Gasteiger partial charge in [0.05, 0.1) is 5.52 Å². The third kappa shape index (κ3) is 3.67. The lowest BCUT2D eigenvalue weighted by atomic mass is 10.1. The minimum atomic E-state index is 0.604. The first-order valence-electron chi connectivity index (χ1n) is 7.01. The molecule has 1 atom stereocenters. The molecule has 0 bridgehead atoms. The van der Waals surface area contributed by atoms with Crippen LogP contribution in [-0.4, -0.2) is 18.1 Å². The lowest BCUT2D eigenvalue weighted by Crippen LogP contribution is -2.13. The monoisotopic (exact) mass is 257 g/mol. The van der Waals surface area contributed by atoms with Crippen LogP contribution in [0.3, 0.4) is 0 Å². The fourth-order valence-corrected chi connectivity index (χ4v) is 2.18. The number of nitrogens with two attached hydrogens (primary N) is 1. The molecule has 3 heteroatoms. The molecule has 1 heterocycles. The van der Waals surface area contributed by atoms with E-state index in [1.807, 2.05) is 12.1 Å². The van der Waals surface area contributed by atoms with Gasteiger partial charge in [-0.2, -0.15) is 0 Å². The molecule has 1 aromatic heterocycles. The minimum absolute atomic E-state index is 0.604. The van der Waals surface area contributed by atoms with Gasteiger partial charge in [0.1, 0.15) is 5.82 Å². The van der Waals surface area contributed by atoms with Gasteiger partial charge < -0.3 is 11.1 Å². The number of hydrogen-bond acceptors (Lipinski definition) is 3. The second-order valence-corrected chi connectivity index (χ2v) is 5.26. The first kappa shape index (κ1) is 13.8. The van der Waals surface area contributed by atoms with Crippen LogP contribution in [0, 0.1) is 12.8 Å². The van der Waals surface area contributed by atoms with E-state index in [1.165, 1.54) is 10.9 Å². The molecular weight excluding hydrogens is 234 g/mol. The van der Waals surface area contributed by atoms with E-state index in [4.69, 9.17) is 5.73 Å². The van der Waals surface area contributed by atoms with Crippen molar-refractivity contribution in [2.45, 2.75) is 26.7 Å². The third-order valence-corrected chi connectivity index (χ3v) is 3.48. The zero-order valence-corrected chi connectivity index (χ0v) is 11.8. The topological polar surface area (TPSA) is 50.9 Å². The lowest BCUT2D eigenvalue weighted by molar-refractivity contribution is 0.529. The standard InChI is InChI=1S/C16H23N3/c1-12(11-17)6-5-9-18-16-13(2)10-14-7-3-4-8-15(14)19-16/h3-4,7-8,10,12H,5-6,9,11,17H2,1-2H3,(H,18,19). The van der Waals surface area contributed by atoms with E-state index in [0.29, 0.717) is 5.92 Å². The van der Waals surface area contributed by atoms with Crippen LogP contribution in [0.15, 0.2) is 30.3 Å². The molecule has 0 aliphatic rings. The Morgan fingerprint density at radius 2 is 2.11 bits per heavy atom. The zero-order valence-electron chi connectivity index (χ0n) is 11.8. The second-order valence-electron chi connectivity index (χ2n) is 5.26. The SMILES string of the molecule is Cc1cc2ccccc2nc1NCCCC(C)CN. The molecule has 19 heavy (non-hydrogen) atoms. The van der Waals surface area contributed by atoms with Crippen molar-refractivity contribution in [3.63, 3.8) is 0 Å². The minimum Gasteiger partial charge on any atom is -0.370 e. The highest BCUT2D eigenvalue weighted by Gasteiger charge is 2.03. The van der Waals surface area contributed by atoms with Crippen molar-refractivity contribution < 1.29 is 0 Å². The summed E-state index contributed by atoms with van der Waals surface area (Å²) in [6.07, 6.45) is 2.29. The molecule has 3 N–H and O–H groups in total. The largest absolute Gasteiger partial charge is 0.370 e. The van der Waals surface area contributed by atoms with Gasteiger partial charge in [0.25, 0.3) is 0 Å². The van der Waals surface area contributed by atoms with Gasteiger partial charge in [-0.3, -0.25) is 0 Å². The Labute approximate surface area is 115 Å². The molecular formula is C16H23N3. The van der Waals surface area contributed by atoms with Gasteiger partial charge in [-0.1, -0.05) is 25.1 Å². The molecule has 0 aliphatic heterocycles. The maximum atomic E-state index is 5.62. The number of nitrogens with zero attached hydrogens (tertiary/aromatic N) is 1. The quantitative estimate of drug-likeness (QED) is 0.780. The van der Waals surface area contributed by atoms with Crippen molar-refractivity contribution >= 4 is 16.7 Å². The maximum Gasteiger partial charge on any atom is 0.129 e. The van der Waals surface area contributed by atoms with Gasteiger partial charge in [-0.05, 0) is 49.9 Å². The molecule has 0 spiro atoms. The van der Waals surface area contributed by atoms with Crippen LogP contribution in [0.25, 0.3) is 10.9 Å². The summed E-state index contributed by atoms with van der Waals surface area (Å²) in [7, 11) is 0. The summed E-state index contributed by atoms with van der Waals surface area (Å²) in [4.78, 5) is 4.68. The van der Waals surface area contributed by atoms with E-state index in [2.05, 4.69) is 42.3 Å². The Balaban J connectivity index is 1.98. The van der Waals surface area contributed by atoms with E-state index in [9.17, 15) is 0 Å². The normalized spacial score (nSPS) is 12.6. The molecule has 2 rings (SSSR count). The highest BCUT2D eigenvalue weighted by Crippen LogP contribution is 2.19. The summed E-state index contributed by atoms with van der Waals surface area (Å²) in [5, 5.41) is 4.63. The highest BCUT2D eigenvalue weighted by atomic mass is 15.0. The van der Waals surface area contributed by atoms with Crippen LogP contribution < -0.4 is 11.1 Å². The van der Waals surface area contributed by atoms with Crippen molar-refractivity contribution in [1.29, 1.82) is 0 Å². The zero-order chi connectivity index (χ0) is 13.7. The Hall–Kier alpha value is -1.61. The number of anilines is 1.